The Bertz CT molecular complexity index is 640. The van der Waals surface area contributed by atoms with Gasteiger partial charge in [0.25, 0.3) is 0 Å². The van der Waals surface area contributed by atoms with Crippen molar-refractivity contribution in [1.29, 1.82) is 0 Å². The Balaban J connectivity index is 2.23. The number of rotatable bonds is 3. The number of halogens is 2. The molecule has 2 rings (SSSR count). The van der Waals surface area contributed by atoms with Gasteiger partial charge in [0.2, 0.25) is 0 Å². The van der Waals surface area contributed by atoms with Crippen LogP contribution in [0.15, 0.2) is 40.9 Å². The van der Waals surface area contributed by atoms with Crippen LogP contribution in [-0.2, 0) is 6.42 Å². The number of carbonyl (C=O) groups is 1. The average molecular weight is 322 g/mol. The van der Waals surface area contributed by atoms with E-state index in [1.54, 1.807) is 18.2 Å². The summed E-state index contributed by atoms with van der Waals surface area (Å²) in [6.45, 7) is 1.89. The third kappa shape index (κ3) is 3.20. The second kappa shape index (κ2) is 5.53. The summed E-state index contributed by atoms with van der Waals surface area (Å²) < 4.78 is 13.6. The van der Waals surface area contributed by atoms with E-state index in [-0.39, 0.29) is 18.0 Å². The summed E-state index contributed by atoms with van der Waals surface area (Å²) in [5.74, 6) is -0.373. The maximum absolute atomic E-state index is 13.0. The average Bonchev–Trinajstić information content (AvgIpc) is 2.36. The highest BCUT2D eigenvalue weighted by Crippen LogP contribution is 2.21. The fraction of sp³-hybridized carbons (Fsp3) is 0.133. The maximum atomic E-state index is 13.0. The number of nitrogen functional groups attached to an aromatic ring is 1. The van der Waals surface area contributed by atoms with Gasteiger partial charge in [0.05, 0.1) is 0 Å². The largest absolute Gasteiger partial charge is 0.398 e. The molecule has 0 amide bonds. The van der Waals surface area contributed by atoms with Crippen LogP contribution < -0.4 is 5.73 Å². The molecule has 19 heavy (non-hydrogen) atoms. The predicted octanol–water partition coefficient (Wildman–Crippen LogP) is 3.90. The van der Waals surface area contributed by atoms with Crippen LogP contribution in [0.2, 0.25) is 0 Å². The molecule has 2 nitrogen and oxygen atoms in total. The molecule has 2 N–H and O–H groups in total. The standard InChI is InChI=1S/C15H13BrFNO/c1-9-2-3-11(6-14(9)18)15(19)7-10-4-5-12(17)8-13(10)16/h2-6,8H,7,18H2,1H3. The minimum Gasteiger partial charge on any atom is -0.398 e. The van der Waals surface area contributed by atoms with Gasteiger partial charge in [-0.25, -0.2) is 4.39 Å². The van der Waals surface area contributed by atoms with Crippen molar-refractivity contribution >= 4 is 27.4 Å². The molecule has 0 fully saturated rings. The van der Waals surface area contributed by atoms with Crippen LogP contribution in [0.25, 0.3) is 0 Å². The molecule has 0 atom stereocenters. The lowest BCUT2D eigenvalue weighted by atomic mass is 10.0. The molecule has 0 saturated heterocycles. The third-order valence-corrected chi connectivity index (χ3v) is 3.71. The molecule has 0 saturated carbocycles. The van der Waals surface area contributed by atoms with Gasteiger partial charge in [0.15, 0.2) is 5.78 Å². The molecule has 2 aromatic rings. The molecule has 0 bridgehead atoms. The molecule has 0 unspecified atom stereocenters. The van der Waals surface area contributed by atoms with Crippen molar-refractivity contribution in [2.75, 3.05) is 5.73 Å². The Morgan fingerprint density at radius 1 is 1.26 bits per heavy atom. The number of hydrogen-bond donors (Lipinski definition) is 1. The normalized spacial score (nSPS) is 10.5. The molecule has 0 aliphatic heterocycles. The zero-order chi connectivity index (χ0) is 14.0. The molecule has 0 aliphatic rings. The lowest BCUT2D eigenvalue weighted by Crippen LogP contribution is -2.05. The first-order valence-electron chi connectivity index (χ1n) is 5.80. The van der Waals surface area contributed by atoms with Crippen LogP contribution in [0, 0.1) is 12.7 Å². The van der Waals surface area contributed by atoms with Gasteiger partial charge in [-0.05, 0) is 36.2 Å². The van der Waals surface area contributed by atoms with E-state index in [9.17, 15) is 9.18 Å². The highest BCUT2D eigenvalue weighted by molar-refractivity contribution is 9.10. The Labute approximate surface area is 119 Å². The van der Waals surface area contributed by atoms with Gasteiger partial charge in [-0.1, -0.05) is 34.1 Å². The molecule has 4 heteroatoms. The summed E-state index contributed by atoms with van der Waals surface area (Å²) in [6.07, 6.45) is 0.212. The molecular weight excluding hydrogens is 309 g/mol. The summed E-state index contributed by atoms with van der Waals surface area (Å²) in [4.78, 5) is 12.1. The van der Waals surface area contributed by atoms with Crippen molar-refractivity contribution in [3.63, 3.8) is 0 Å². The summed E-state index contributed by atoms with van der Waals surface area (Å²) in [6, 6.07) is 9.56. The number of benzene rings is 2. The van der Waals surface area contributed by atoms with Gasteiger partial charge in [0, 0.05) is 22.1 Å². The highest BCUT2D eigenvalue weighted by Gasteiger charge is 2.11. The fourth-order valence-corrected chi connectivity index (χ4v) is 2.25. The number of carbonyl (C=O) groups excluding carboxylic acids is 1. The molecule has 2 aromatic carbocycles. The SMILES string of the molecule is Cc1ccc(C(=O)Cc2ccc(F)cc2Br)cc1N. The highest BCUT2D eigenvalue weighted by atomic mass is 79.9. The van der Waals surface area contributed by atoms with Crippen LogP contribution in [0.3, 0.4) is 0 Å². The van der Waals surface area contributed by atoms with Crippen molar-refractivity contribution in [1.82, 2.24) is 0 Å². The van der Waals surface area contributed by atoms with Gasteiger partial charge in [-0.2, -0.15) is 0 Å². The lowest BCUT2D eigenvalue weighted by molar-refractivity contribution is 0.0993. The molecular formula is C15H13BrFNO. The Kier molecular flexibility index (Phi) is 4.00. The van der Waals surface area contributed by atoms with Crippen molar-refractivity contribution in [2.24, 2.45) is 0 Å². The number of nitrogens with two attached hydrogens (primary N) is 1. The molecule has 0 radical (unpaired) electrons. The van der Waals surface area contributed by atoms with Crippen LogP contribution >= 0.6 is 15.9 Å². The zero-order valence-electron chi connectivity index (χ0n) is 10.4. The summed E-state index contributed by atoms with van der Waals surface area (Å²) in [5.41, 5.74) is 8.66. The monoisotopic (exact) mass is 321 g/mol. The van der Waals surface area contributed by atoms with E-state index in [1.807, 2.05) is 13.0 Å². The second-order valence-corrected chi connectivity index (χ2v) is 5.26. The van der Waals surface area contributed by atoms with E-state index < -0.39 is 0 Å². The first-order chi connectivity index (χ1) is 8.97. The number of ketones is 1. The summed E-state index contributed by atoms with van der Waals surface area (Å²) in [7, 11) is 0. The number of Topliss-reactive ketones (excluding diaryl/α,β-unsaturated/α-hetero) is 1. The van der Waals surface area contributed by atoms with E-state index in [1.165, 1.54) is 12.1 Å². The van der Waals surface area contributed by atoms with Crippen LogP contribution in [-0.4, -0.2) is 5.78 Å². The fourth-order valence-electron chi connectivity index (χ4n) is 1.75. The first-order valence-corrected chi connectivity index (χ1v) is 6.60. The number of aryl methyl sites for hydroxylation is 1. The summed E-state index contributed by atoms with van der Waals surface area (Å²) >= 11 is 3.26. The third-order valence-electron chi connectivity index (χ3n) is 2.97. The number of anilines is 1. The van der Waals surface area contributed by atoms with Gasteiger partial charge in [-0.15, -0.1) is 0 Å². The van der Waals surface area contributed by atoms with Gasteiger partial charge < -0.3 is 5.73 Å². The molecule has 0 heterocycles. The maximum Gasteiger partial charge on any atom is 0.167 e. The molecule has 0 spiro atoms. The first kappa shape index (κ1) is 13.7. The van der Waals surface area contributed by atoms with E-state index >= 15 is 0 Å². The van der Waals surface area contributed by atoms with Crippen LogP contribution in [0.4, 0.5) is 10.1 Å². The minimum atomic E-state index is -0.331. The van der Waals surface area contributed by atoms with Crippen molar-refractivity contribution in [3.05, 3.63) is 63.4 Å². The van der Waals surface area contributed by atoms with E-state index in [2.05, 4.69) is 15.9 Å². The van der Waals surface area contributed by atoms with Crippen molar-refractivity contribution < 1.29 is 9.18 Å². The predicted molar refractivity (Wildman–Crippen MR) is 77.7 cm³/mol. The van der Waals surface area contributed by atoms with E-state index in [4.69, 9.17) is 5.73 Å². The van der Waals surface area contributed by atoms with Crippen molar-refractivity contribution in [3.8, 4) is 0 Å². The molecule has 98 valence electrons. The molecule has 0 aliphatic carbocycles. The van der Waals surface area contributed by atoms with Gasteiger partial charge >= 0.3 is 0 Å². The van der Waals surface area contributed by atoms with E-state index in [0.29, 0.717) is 15.7 Å². The van der Waals surface area contributed by atoms with Gasteiger partial charge in [-0.3, -0.25) is 4.79 Å². The Morgan fingerprint density at radius 2 is 2.00 bits per heavy atom. The Morgan fingerprint density at radius 3 is 2.63 bits per heavy atom. The summed E-state index contributed by atoms with van der Waals surface area (Å²) in [5, 5.41) is 0. The quantitative estimate of drug-likeness (QED) is 0.688. The Hall–Kier alpha value is -1.68. The van der Waals surface area contributed by atoms with Crippen LogP contribution in [0.5, 0.6) is 0 Å². The van der Waals surface area contributed by atoms with Gasteiger partial charge in [0.1, 0.15) is 5.82 Å². The zero-order valence-corrected chi connectivity index (χ0v) is 12.0. The second-order valence-electron chi connectivity index (χ2n) is 4.41. The number of hydrogen-bond acceptors (Lipinski definition) is 2. The van der Waals surface area contributed by atoms with Crippen molar-refractivity contribution in [2.45, 2.75) is 13.3 Å². The van der Waals surface area contributed by atoms with E-state index in [0.717, 1.165) is 11.1 Å². The lowest BCUT2D eigenvalue weighted by Gasteiger charge is -2.06. The smallest absolute Gasteiger partial charge is 0.167 e. The van der Waals surface area contributed by atoms with Crippen LogP contribution in [0.1, 0.15) is 21.5 Å². The molecule has 0 aromatic heterocycles. The minimum absolute atomic E-state index is 0.0426. The topological polar surface area (TPSA) is 43.1 Å².